The summed E-state index contributed by atoms with van der Waals surface area (Å²) >= 11 is 0. The van der Waals surface area contributed by atoms with Crippen molar-refractivity contribution in [1.82, 2.24) is 4.90 Å². The second-order valence-electron chi connectivity index (χ2n) is 3.91. The van der Waals surface area contributed by atoms with Gasteiger partial charge in [-0.3, -0.25) is 9.59 Å². The monoisotopic (exact) mass is 197 g/mol. The summed E-state index contributed by atoms with van der Waals surface area (Å²) in [5.41, 5.74) is 0. The summed E-state index contributed by atoms with van der Waals surface area (Å²) in [6.07, 6.45) is 2.91. The Labute approximate surface area is 85.5 Å². The van der Waals surface area contributed by atoms with Crippen LogP contribution >= 0.6 is 0 Å². The van der Waals surface area contributed by atoms with Crippen molar-refractivity contribution in [2.75, 3.05) is 13.1 Å². The minimum absolute atomic E-state index is 0.0876. The molecule has 1 aliphatic rings. The molecule has 14 heavy (non-hydrogen) atoms. The molecule has 0 spiro atoms. The molecule has 0 bridgehead atoms. The second-order valence-corrected chi connectivity index (χ2v) is 3.91. The first kappa shape index (κ1) is 11.2. The van der Waals surface area contributed by atoms with Gasteiger partial charge < -0.3 is 4.90 Å². The van der Waals surface area contributed by atoms with Crippen molar-refractivity contribution >= 4 is 11.7 Å². The van der Waals surface area contributed by atoms with E-state index in [9.17, 15) is 9.59 Å². The summed E-state index contributed by atoms with van der Waals surface area (Å²) in [5, 5.41) is 0. The Kier molecular flexibility index (Phi) is 4.11. The molecule has 1 fully saturated rings. The third-order valence-electron chi connectivity index (χ3n) is 2.83. The molecule has 1 heterocycles. The molecule has 0 aromatic rings. The number of carbonyl (C=O) groups is 2. The van der Waals surface area contributed by atoms with Gasteiger partial charge in [0.1, 0.15) is 5.78 Å². The Bertz CT molecular complexity index is 225. The summed E-state index contributed by atoms with van der Waals surface area (Å²) in [4.78, 5) is 24.8. The lowest BCUT2D eigenvalue weighted by atomic mass is 9.94. The van der Waals surface area contributed by atoms with E-state index in [1.165, 1.54) is 0 Å². The van der Waals surface area contributed by atoms with Gasteiger partial charge in [0.25, 0.3) is 0 Å². The Hall–Kier alpha value is -0.860. The van der Waals surface area contributed by atoms with Crippen LogP contribution in [0.3, 0.4) is 0 Å². The molecule has 0 aromatic heterocycles. The Balaban J connectivity index is 2.49. The second kappa shape index (κ2) is 5.13. The van der Waals surface area contributed by atoms with Crippen molar-refractivity contribution in [1.29, 1.82) is 0 Å². The third-order valence-corrected chi connectivity index (χ3v) is 2.83. The number of piperidine rings is 1. The maximum atomic E-state index is 11.6. The molecule has 0 aromatic carbocycles. The van der Waals surface area contributed by atoms with Gasteiger partial charge in [-0.1, -0.05) is 13.8 Å². The van der Waals surface area contributed by atoms with E-state index in [0.29, 0.717) is 31.7 Å². The number of hydrogen-bond acceptors (Lipinski definition) is 2. The molecule has 0 aliphatic carbocycles. The van der Waals surface area contributed by atoms with Gasteiger partial charge in [-0.25, -0.2) is 0 Å². The number of Topliss-reactive ketones (excluding diaryl/α,β-unsaturated/α-hetero) is 1. The van der Waals surface area contributed by atoms with Gasteiger partial charge in [-0.15, -0.1) is 0 Å². The van der Waals surface area contributed by atoms with Crippen molar-refractivity contribution in [3.63, 3.8) is 0 Å². The summed E-state index contributed by atoms with van der Waals surface area (Å²) in [5.74, 6) is 0.621. The molecule has 1 aliphatic heterocycles. The number of nitrogens with zero attached hydrogens (tertiary/aromatic N) is 1. The van der Waals surface area contributed by atoms with Gasteiger partial charge in [-0.05, 0) is 12.8 Å². The van der Waals surface area contributed by atoms with Crippen LogP contribution in [0.4, 0.5) is 0 Å². The normalized spacial score (nSPS) is 22.6. The van der Waals surface area contributed by atoms with E-state index in [-0.39, 0.29) is 11.8 Å². The van der Waals surface area contributed by atoms with Gasteiger partial charge in [0, 0.05) is 31.8 Å². The van der Waals surface area contributed by atoms with Crippen molar-refractivity contribution in [3.05, 3.63) is 0 Å². The van der Waals surface area contributed by atoms with Crippen LogP contribution in [0.2, 0.25) is 0 Å². The van der Waals surface area contributed by atoms with E-state index < -0.39 is 0 Å². The average Bonchev–Trinajstić information content (AvgIpc) is 2.19. The van der Waals surface area contributed by atoms with Crippen LogP contribution in [0.15, 0.2) is 0 Å². The maximum Gasteiger partial charge on any atom is 0.222 e. The number of amides is 1. The van der Waals surface area contributed by atoms with Crippen LogP contribution in [0.25, 0.3) is 0 Å². The van der Waals surface area contributed by atoms with Gasteiger partial charge >= 0.3 is 0 Å². The first-order valence-corrected chi connectivity index (χ1v) is 5.49. The highest BCUT2D eigenvalue weighted by Crippen LogP contribution is 2.16. The molecule has 1 saturated heterocycles. The molecule has 3 nitrogen and oxygen atoms in total. The SMILES string of the molecule is CCCC(=O)N1CCC(=O)C(CC)C1. The number of likely N-dealkylation sites (tertiary alicyclic amines) is 1. The molecule has 1 atom stereocenters. The summed E-state index contributed by atoms with van der Waals surface area (Å²) in [6, 6.07) is 0. The highest BCUT2D eigenvalue weighted by molar-refractivity contribution is 5.85. The van der Waals surface area contributed by atoms with Crippen LogP contribution < -0.4 is 0 Å². The van der Waals surface area contributed by atoms with Crippen molar-refractivity contribution < 1.29 is 9.59 Å². The smallest absolute Gasteiger partial charge is 0.222 e. The molecule has 0 N–H and O–H groups in total. The largest absolute Gasteiger partial charge is 0.342 e. The molecule has 1 amide bonds. The Morgan fingerprint density at radius 3 is 2.79 bits per heavy atom. The molecule has 1 rings (SSSR count). The Morgan fingerprint density at radius 1 is 1.50 bits per heavy atom. The molecule has 1 unspecified atom stereocenters. The van der Waals surface area contributed by atoms with Crippen LogP contribution in [-0.2, 0) is 9.59 Å². The fourth-order valence-electron chi connectivity index (χ4n) is 1.86. The minimum atomic E-state index is 0.0876. The van der Waals surface area contributed by atoms with Gasteiger partial charge in [-0.2, -0.15) is 0 Å². The van der Waals surface area contributed by atoms with Crippen molar-refractivity contribution in [2.45, 2.75) is 39.5 Å². The first-order valence-electron chi connectivity index (χ1n) is 5.49. The highest BCUT2D eigenvalue weighted by Gasteiger charge is 2.27. The van der Waals surface area contributed by atoms with Crippen LogP contribution in [-0.4, -0.2) is 29.7 Å². The molecular formula is C11H19NO2. The van der Waals surface area contributed by atoms with Crippen LogP contribution in [0.1, 0.15) is 39.5 Å². The van der Waals surface area contributed by atoms with Gasteiger partial charge in [0.2, 0.25) is 5.91 Å². The fraction of sp³-hybridized carbons (Fsp3) is 0.818. The van der Waals surface area contributed by atoms with E-state index in [2.05, 4.69) is 0 Å². The summed E-state index contributed by atoms with van der Waals surface area (Å²) in [6.45, 7) is 5.29. The predicted molar refractivity (Wildman–Crippen MR) is 54.9 cm³/mol. The molecule has 3 heteroatoms. The fourth-order valence-corrected chi connectivity index (χ4v) is 1.86. The zero-order chi connectivity index (χ0) is 10.6. The van der Waals surface area contributed by atoms with Crippen molar-refractivity contribution in [3.8, 4) is 0 Å². The first-order chi connectivity index (χ1) is 6.69. The van der Waals surface area contributed by atoms with E-state index in [0.717, 1.165) is 12.8 Å². The van der Waals surface area contributed by atoms with E-state index in [1.807, 2.05) is 18.7 Å². The molecule has 0 radical (unpaired) electrons. The van der Waals surface area contributed by atoms with Crippen molar-refractivity contribution in [2.24, 2.45) is 5.92 Å². The average molecular weight is 197 g/mol. The predicted octanol–water partition coefficient (Wildman–Crippen LogP) is 1.61. The topological polar surface area (TPSA) is 37.4 Å². The minimum Gasteiger partial charge on any atom is -0.342 e. The third kappa shape index (κ3) is 2.56. The quantitative estimate of drug-likeness (QED) is 0.689. The Morgan fingerprint density at radius 2 is 2.21 bits per heavy atom. The lowest BCUT2D eigenvalue weighted by molar-refractivity contribution is -0.137. The summed E-state index contributed by atoms with van der Waals surface area (Å²) in [7, 11) is 0. The number of rotatable bonds is 3. The van der Waals surface area contributed by atoms with Crippen LogP contribution in [0.5, 0.6) is 0 Å². The van der Waals surface area contributed by atoms with Gasteiger partial charge in [0.15, 0.2) is 0 Å². The lowest BCUT2D eigenvalue weighted by Crippen LogP contribution is -2.43. The molecule has 0 saturated carbocycles. The lowest BCUT2D eigenvalue weighted by Gasteiger charge is -2.31. The van der Waals surface area contributed by atoms with Crippen LogP contribution in [0, 0.1) is 5.92 Å². The van der Waals surface area contributed by atoms with E-state index in [4.69, 9.17) is 0 Å². The van der Waals surface area contributed by atoms with Gasteiger partial charge in [0.05, 0.1) is 0 Å². The molecular weight excluding hydrogens is 178 g/mol. The molecule has 80 valence electrons. The number of carbonyl (C=O) groups excluding carboxylic acids is 2. The highest BCUT2D eigenvalue weighted by atomic mass is 16.2. The standard InChI is InChI=1S/C11H19NO2/c1-3-5-11(14)12-7-6-10(13)9(4-2)8-12/h9H,3-8H2,1-2H3. The maximum absolute atomic E-state index is 11.6. The van der Waals surface area contributed by atoms with E-state index >= 15 is 0 Å². The van der Waals surface area contributed by atoms with E-state index in [1.54, 1.807) is 0 Å². The number of ketones is 1. The summed E-state index contributed by atoms with van der Waals surface area (Å²) < 4.78 is 0. The number of hydrogen-bond donors (Lipinski definition) is 0. The zero-order valence-electron chi connectivity index (χ0n) is 9.08. The zero-order valence-corrected chi connectivity index (χ0v) is 9.08.